The normalized spacial score (nSPS) is 17.2. The second-order valence-electron chi connectivity index (χ2n) is 5.33. The van der Waals surface area contributed by atoms with Crippen LogP contribution in [0.25, 0.3) is 5.65 Å². The number of rotatable bonds is 3. The van der Waals surface area contributed by atoms with Crippen LogP contribution in [0.4, 0.5) is 0 Å². The Kier molecular flexibility index (Phi) is 3.85. The average Bonchev–Trinajstić information content (AvgIpc) is 2.91. The summed E-state index contributed by atoms with van der Waals surface area (Å²) in [4.78, 5) is 16.3. The van der Waals surface area contributed by atoms with Gasteiger partial charge in [0.15, 0.2) is 11.5 Å². The number of hydrogen-bond donors (Lipinski definition) is 0. The molecule has 112 valence electrons. The largest absolute Gasteiger partial charge is 0.465 e. The lowest BCUT2D eigenvalue weighted by molar-refractivity contribution is 0.0600. The lowest BCUT2D eigenvalue weighted by Gasteiger charge is -2.31. The van der Waals surface area contributed by atoms with Gasteiger partial charge in [0.05, 0.1) is 19.2 Å². The van der Waals surface area contributed by atoms with Crippen LogP contribution in [0.15, 0.2) is 18.3 Å². The van der Waals surface area contributed by atoms with Gasteiger partial charge in [0, 0.05) is 32.4 Å². The standard InChI is InChI=1S/C14H19N5O2/c1-17-5-7-18(8-6-17)10-13-16-15-12-4-3-11(9-19(12)13)14(20)21-2/h3-4,9H,5-8,10H2,1-2H3. The predicted octanol–water partition coefficient (Wildman–Crippen LogP) is 0.263. The molecular formula is C14H19N5O2. The van der Waals surface area contributed by atoms with E-state index in [1.165, 1.54) is 7.11 Å². The molecule has 21 heavy (non-hydrogen) atoms. The summed E-state index contributed by atoms with van der Waals surface area (Å²) in [6, 6.07) is 3.49. The van der Waals surface area contributed by atoms with E-state index in [4.69, 9.17) is 4.74 Å². The van der Waals surface area contributed by atoms with Gasteiger partial charge in [-0.3, -0.25) is 9.30 Å². The summed E-state index contributed by atoms with van der Waals surface area (Å²) in [6.45, 7) is 4.89. The minimum Gasteiger partial charge on any atom is -0.465 e. The molecule has 0 N–H and O–H groups in total. The highest BCUT2D eigenvalue weighted by atomic mass is 16.5. The SMILES string of the molecule is COC(=O)c1ccc2nnc(CN3CCN(C)CC3)n2c1. The number of piperazine rings is 1. The van der Waals surface area contributed by atoms with Crippen molar-refractivity contribution in [2.24, 2.45) is 0 Å². The molecule has 1 aliphatic heterocycles. The molecule has 7 nitrogen and oxygen atoms in total. The van der Waals surface area contributed by atoms with Crippen molar-refractivity contribution in [3.63, 3.8) is 0 Å². The van der Waals surface area contributed by atoms with Crippen molar-refractivity contribution in [2.45, 2.75) is 6.54 Å². The number of methoxy groups -OCH3 is 1. The fourth-order valence-electron chi connectivity index (χ4n) is 2.49. The fraction of sp³-hybridized carbons (Fsp3) is 0.500. The molecule has 0 saturated carbocycles. The molecule has 0 atom stereocenters. The maximum absolute atomic E-state index is 11.6. The zero-order valence-corrected chi connectivity index (χ0v) is 12.3. The zero-order valence-electron chi connectivity index (χ0n) is 12.3. The van der Waals surface area contributed by atoms with Crippen LogP contribution in [0.3, 0.4) is 0 Å². The molecule has 3 heterocycles. The highest BCUT2D eigenvalue weighted by molar-refractivity contribution is 5.89. The van der Waals surface area contributed by atoms with Crippen LogP contribution >= 0.6 is 0 Å². The van der Waals surface area contributed by atoms with E-state index >= 15 is 0 Å². The van der Waals surface area contributed by atoms with Crippen molar-refractivity contribution >= 4 is 11.6 Å². The van der Waals surface area contributed by atoms with E-state index in [-0.39, 0.29) is 5.97 Å². The number of aromatic nitrogens is 3. The third kappa shape index (κ3) is 2.88. The fourth-order valence-corrected chi connectivity index (χ4v) is 2.49. The summed E-state index contributed by atoms with van der Waals surface area (Å²) >= 11 is 0. The van der Waals surface area contributed by atoms with E-state index < -0.39 is 0 Å². The molecule has 0 bridgehead atoms. The van der Waals surface area contributed by atoms with E-state index in [0.29, 0.717) is 5.56 Å². The van der Waals surface area contributed by atoms with Gasteiger partial charge in [-0.1, -0.05) is 0 Å². The molecule has 7 heteroatoms. The van der Waals surface area contributed by atoms with Gasteiger partial charge in [0.2, 0.25) is 0 Å². The van der Waals surface area contributed by atoms with Gasteiger partial charge >= 0.3 is 5.97 Å². The molecule has 0 aliphatic carbocycles. The Bertz CT molecular complexity index is 646. The van der Waals surface area contributed by atoms with Crippen LogP contribution < -0.4 is 0 Å². The minimum atomic E-state index is -0.351. The maximum Gasteiger partial charge on any atom is 0.339 e. The lowest BCUT2D eigenvalue weighted by Crippen LogP contribution is -2.44. The summed E-state index contributed by atoms with van der Waals surface area (Å²) in [5.41, 5.74) is 1.25. The van der Waals surface area contributed by atoms with Gasteiger partial charge in [-0.05, 0) is 19.2 Å². The molecule has 1 saturated heterocycles. The molecule has 0 aromatic carbocycles. The topological polar surface area (TPSA) is 63.0 Å². The third-order valence-corrected chi connectivity index (χ3v) is 3.85. The molecule has 2 aromatic heterocycles. The summed E-state index contributed by atoms with van der Waals surface area (Å²) < 4.78 is 6.62. The summed E-state index contributed by atoms with van der Waals surface area (Å²) in [5.74, 6) is 0.497. The number of esters is 1. The molecule has 0 spiro atoms. The van der Waals surface area contributed by atoms with E-state index in [0.717, 1.165) is 44.2 Å². The highest BCUT2D eigenvalue weighted by Crippen LogP contribution is 2.11. The first-order valence-corrected chi connectivity index (χ1v) is 7.00. The van der Waals surface area contributed by atoms with E-state index in [9.17, 15) is 4.79 Å². The Labute approximate surface area is 123 Å². The van der Waals surface area contributed by atoms with Gasteiger partial charge in [-0.2, -0.15) is 0 Å². The van der Waals surface area contributed by atoms with E-state index in [1.54, 1.807) is 18.3 Å². The Hall–Kier alpha value is -1.99. The van der Waals surface area contributed by atoms with Crippen LogP contribution in [0, 0.1) is 0 Å². The maximum atomic E-state index is 11.6. The third-order valence-electron chi connectivity index (χ3n) is 3.85. The quantitative estimate of drug-likeness (QED) is 0.756. The molecule has 0 amide bonds. The zero-order chi connectivity index (χ0) is 14.8. The first-order valence-electron chi connectivity index (χ1n) is 7.00. The van der Waals surface area contributed by atoms with Crippen molar-refractivity contribution in [3.8, 4) is 0 Å². The van der Waals surface area contributed by atoms with Gasteiger partial charge in [0.25, 0.3) is 0 Å². The number of likely N-dealkylation sites (N-methyl/N-ethyl adjacent to an activating group) is 1. The number of hydrogen-bond acceptors (Lipinski definition) is 6. The highest BCUT2D eigenvalue weighted by Gasteiger charge is 2.17. The van der Waals surface area contributed by atoms with Crippen LogP contribution in [0.1, 0.15) is 16.2 Å². The summed E-state index contributed by atoms with van der Waals surface area (Å²) in [7, 11) is 3.51. The second kappa shape index (κ2) is 5.79. The van der Waals surface area contributed by atoms with Crippen molar-refractivity contribution < 1.29 is 9.53 Å². The average molecular weight is 289 g/mol. The van der Waals surface area contributed by atoms with Gasteiger partial charge in [0.1, 0.15) is 0 Å². The van der Waals surface area contributed by atoms with Crippen molar-refractivity contribution in [2.75, 3.05) is 40.3 Å². The van der Waals surface area contributed by atoms with Crippen LogP contribution in [-0.4, -0.2) is 70.7 Å². The van der Waals surface area contributed by atoms with Crippen LogP contribution in [0.2, 0.25) is 0 Å². The Morgan fingerprint density at radius 1 is 1.24 bits per heavy atom. The van der Waals surface area contributed by atoms with Crippen molar-refractivity contribution in [3.05, 3.63) is 29.7 Å². The Morgan fingerprint density at radius 3 is 2.71 bits per heavy atom. The smallest absolute Gasteiger partial charge is 0.339 e. The molecule has 0 radical (unpaired) electrons. The van der Waals surface area contributed by atoms with E-state index in [2.05, 4.69) is 27.0 Å². The molecule has 0 unspecified atom stereocenters. The van der Waals surface area contributed by atoms with Gasteiger partial charge < -0.3 is 9.64 Å². The first-order chi connectivity index (χ1) is 10.2. The Morgan fingerprint density at radius 2 is 2.00 bits per heavy atom. The van der Waals surface area contributed by atoms with Gasteiger partial charge in [-0.15, -0.1) is 10.2 Å². The lowest BCUT2D eigenvalue weighted by atomic mass is 10.3. The number of carbonyl (C=O) groups is 1. The minimum absolute atomic E-state index is 0.351. The Balaban J connectivity index is 1.83. The molecule has 1 fully saturated rings. The summed E-state index contributed by atoms with van der Waals surface area (Å²) in [5, 5.41) is 8.39. The van der Waals surface area contributed by atoms with Gasteiger partial charge in [-0.25, -0.2) is 4.79 Å². The van der Waals surface area contributed by atoms with Crippen molar-refractivity contribution in [1.29, 1.82) is 0 Å². The molecular weight excluding hydrogens is 270 g/mol. The van der Waals surface area contributed by atoms with Crippen molar-refractivity contribution in [1.82, 2.24) is 24.4 Å². The number of fused-ring (bicyclic) bond motifs is 1. The number of carbonyl (C=O) groups excluding carboxylic acids is 1. The number of ether oxygens (including phenoxy) is 1. The first kappa shape index (κ1) is 14.0. The predicted molar refractivity (Wildman–Crippen MR) is 77.1 cm³/mol. The number of nitrogens with zero attached hydrogens (tertiary/aromatic N) is 5. The van der Waals surface area contributed by atoms with Crippen LogP contribution in [0.5, 0.6) is 0 Å². The number of pyridine rings is 1. The molecule has 3 rings (SSSR count). The molecule has 1 aliphatic rings. The summed E-state index contributed by atoms with van der Waals surface area (Å²) in [6.07, 6.45) is 1.74. The van der Waals surface area contributed by atoms with Crippen LogP contribution in [-0.2, 0) is 11.3 Å². The monoisotopic (exact) mass is 289 g/mol. The molecule has 2 aromatic rings. The van der Waals surface area contributed by atoms with E-state index in [1.807, 2.05) is 4.40 Å². The second-order valence-corrected chi connectivity index (χ2v) is 5.33.